The van der Waals surface area contributed by atoms with Crippen LogP contribution in [-0.4, -0.2) is 36.1 Å². The second kappa shape index (κ2) is 7.08. The number of urea groups is 1. The quantitative estimate of drug-likeness (QED) is 0.580. The standard InChI is InChI=1S/C12H14IN3O4/c1-6(10(17)14-2)15-12(20)16-9-4-3-7(13)5-8(9)11(18)19/h3-6H,1-2H3,(H,14,17)(H,18,19)(H2,15,16,20). The summed E-state index contributed by atoms with van der Waals surface area (Å²) in [7, 11) is 1.46. The summed E-state index contributed by atoms with van der Waals surface area (Å²) in [6.45, 7) is 1.52. The van der Waals surface area contributed by atoms with Gasteiger partial charge in [0.15, 0.2) is 0 Å². The third kappa shape index (κ3) is 4.37. The molecule has 0 aromatic heterocycles. The Balaban J connectivity index is 2.81. The van der Waals surface area contributed by atoms with Gasteiger partial charge in [-0.1, -0.05) is 0 Å². The lowest BCUT2D eigenvalue weighted by Gasteiger charge is -2.14. The van der Waals surface area contributed by atoms with Gasteiger partial charge >= 0.3 is 12.0 Å². The van der Waals surface area contributed by atoms with E-state index in [0.29, 0.717) is 0 Å². The number of carboxylic acid groups (broad SMARTS) is 1. The van der Waals surface area contributed by atoms with E-state index in [1.54, 1.807) is 6.07 Å². The third-order valence-electron chi connectivity index (χ3n) is 2.45. The van der Waals surface area contributed by atoms with Crippen LogP contribution in [0.25, 0.3) is 0 Å². The van der Waals surface area contributed by atoms with Crippen molar-refractivity contribution in [2.75, 3.05) is 12.4 Å². The van der Waals surface area contributed by atoms with Crippen molar-refractivity contribution < 1.29 is 19.5 Å². The SMILES string of the molecule is CNC(=O)C(C)NC(=O)Nc1ccc(I)cc1C(=O)O. The molecular formula is C12H14IN3O4. The molecule has 0 spiro atoms. The number of nitrogens with one attached hydrogen (secondary N) is 3. The van der Waals surface area contributed by atoms with Crippen molar-refractivity contribution in [1.82, 2.24) is 10.6 Å². The predicted molar refractivity (Wildman–Crippen MR) is 81.8 cm³/mol. The second-order valence-electron chi connectivity index (χ2n) is 3.93. The highest BCUT2D eigenvalue weighted by Gasteiger charge is 2.16. The molecule has 1 atom stereocenters. The van der Waals surface area contributed by atoms with Gasteiger partial charge in [0.25, 0.3) is 0 Å². The van der Waals surface area contributed by atoms with E-state index in [1.165, 1.54) is 26.1 Å². The Morgan fingerprint density at radius 3 is 2.50 bits per heavy atom. The zero-order valence-corrected chi connectivity index (χ0v) is 13.0. The van der Waals surface area contributed by atoms with Crippen LogP contribution in [0.4, 0.5) is 10.5 Å². The van der Waals surface area contributed by atoms with Crippen molar-refractivity contribution in [1.29, 1.82) is 0 Å². The molecule has 108 valence electrons. The van der Waals surface area contributed by atoms with Crippen molar-refractivity contribution in [2.45, 2.75) is 13.0 Å². The molecule has 20 heavy (non-hydrogen) atoms. The number of amides is 3. The van der Waals surface area contributed by atoms with E-state index in [4.69, 9.17) is 5.11 Å². The maximum Gasteiger partial charge on any atom is 0.337 e. The van der Waals surface area contributed by atoms with Crippen LogP contribution in [0, 0.1) is 3.57 Å². The third-order valence-corrected chi connectivity index (χ3v) is 3.12. The average molecular weight is 391 g/mol. The largest absolute Gasteiger partial charge is 0.478 e. The summed E-state index contributed by atoms with van der Waals surface area (Å²) in [5, 5.41) is 16.3. The van der Waals surface area contributed by atoms with Gasteiger partial charge in [-0.2, -0.15) is 0 Å². The molecule has 0 bridgehead atoms. The molecular weight excluding hydrogens is 377 g/mol. The predicted octanol–water partition coefficient (Wildman–Crippen LogP) is 1.25. The lowest BCUT2D eigenvalue weighted by Crippen LogP contribution is -2.45. The number of carbonyl (C=O) groups excluding carboxylic acids is 2. The molecule has 4 N–H and O–H groups in total. The summed E-state index contributed by atoms with van der Waals surface area (Å²) in [5.74, 6) is -1.49. The molecule has 8 heteroatoms. The number of halogens is 1. The second-order valence-corrected chi connectivity index (χ2v) is 5.18. The molecule has 1 unspecified atom stereocenters. The fourth-order valence-electron chi connectivity index (χ4n) is 1.44. The van der Waals surface area contributed by atoms with Crippen molar-refractivity contribution in [3.8, 4) is 0 Å². The van der Waals surface area contributed by atoms with Gasteiger partial charge in [-0.05, 0) is 47.7 Å². The molecule has 0 fully saturated rings. The Hall–Kier alpha value is -1.84. The van der Waals surface area contributed by atoms with Gasteiger partial charge in [0, 0.05) is 10.6 Å². The van der Waals surface area contributed by atoms with Crippen molar-refractivity contribution in [3.05, 3.63) is 27.3 Å². The van der Waals surface area contributed by atoms with E-state index in [2.05, 4.69) is 16.0 Å². The molecule has 0 heterocycles. The van der Waals surface area contributed by atoms with Gasteiger partial charge in [0.05, 0.1) is 11.3 Å². The van der Waals surface area contributed by atoms with Crippen LogP contribution in [0.2, 0.25) is 0 Å². The van der Waals surface area contributed by atoms with Crippen LogP contribution >= 0.6 is 22.6 Å². The van der Waals surface area contributed by atoms with Crippen LogP contribution in [0.5, 0.6) is 0 Å². The molecule has 1 aromatic rings. The lowest BCUT2D eigenvalue weighted by molar-refractivity contribution is -0.122. The Labute approximate surface area is 129 Å². The monoisotopic (exact) mass is 391 g/mol. The van der Waals surface area contributed by atoms with Gasteiger partial charge in [-0.3, -0.25) is 4.79 Å². The van der Waals surface area contributed by atoms with Crippen molar-refractivity contribution >= 4 is 46.2 Å². The zero-order valence-electron chi connectivity index (χ0n) is 10.9. The Bertz CT molecular complexity index is 548. The van der Waals surface area contributed by atoms with Crippen molar-refractivity contribution in [3.63, 3.8) is 0 Å². The number of benzene rings is 1. The number of hydrogen-bond donors (Lipinski definition) is 4. The van der Waals surface area contributed by atoms with E-state index in [-0.39, 0.29) is 17.2 Å². The van der Waals surface area contributed by atoms with Gasteiger partial charge in [0.1, 0.15) is 6.04 Å². The molecule has 3 amide bonds. The number of rotatable bonds is 4. The first-order valence-electron chi connectivity index (χ1n) is 5.67. The molecule has 0 saturated carbocycles. The summed E-state index contributed by atoms with van der Waals surface area (Å²) in [6.07, 6.45) is 0. The van der Waals surface area contributed by atoms with E-state index in [9.17, 15) is 14.4 Å². The minimum absolute atomic E-state index is 0.0142. The van der Waals surface area contributed by atoms with Gasteiger partial charge < -0.3 is 21.1 Å². The lowest BCUT2D eigenvalue weighted by atomic mass is 10.2. The van der Waals surface area contributed by atoms with E-state index >= 15 is 0 Å². The normalized spacial score (nSPS) is 11.3. The topological polar surface area (TPSA) is 108 Å². The number of anilines is 1. The Morgan fingerprint density at radius 1 is 1.30 bits per heavy atom. The first kappa shape index (κ1) is 16.2. The van der Waals surface area contributed by atoms with Gasteiger partial charge in [0.2, 0.25) is 5.91 Å². The minimum Gasteiger partial charge on any atom is -0.478 e. The summed E-state index contributed by atoms with van der Waals surface area (Å²) in [6, 6.07) is 3.24. The maximum atomic E-state index is 11.7. The van der Waals surface area contributed by atoms with Gasteiger partial charge in [-0.25, -0.2) is 9.59 Å². The fourth-order valence-corrected chi connectivity index (χ4v) is 1.93. The van der Waals surface area contributed by atoms with E-state index < -0.39 is 18.0 Å². The van der Waals surface area contributed by atoms with Crippen LogP contribution < -0.4 is 16.0 Å². The summed E-state index contributed by atoms with van der Waals surface area (Å²) < 4.78 is 0.740. The number of carbonyl (C=O) groups is 3. The number of carboxylic acids is 1. The number of likely N-dealkylation sites (N-methyl/N-ethyl adjacent to an activating group) is 1. The highest BCUT2D eigenvalue weighted by molar-refractivity contribution is 14.1. The van der Waals surface area contributed by atoms with Crippen LogP contribution in [0.1, 0.15) is 17.3 Å². The minimum atomic E-state index is -1.14. The fraction of sp³-hybridized carbons (Fsp3) is 0.250. The molecule has 1 aromatic carbocycles. The molecule has 1 rings (SSSR count). The highest BCUT2D eigenvalue weighted by atomic mass is 127. The first-order chi connectivity index (χ1) is 9.35. The molecule has 0 aliphatic carbocycles. The Morgan fingerprint density at radius 2 is 1.95 bits per heavy atom. The molecule has 7 nitrogen and oxygen atoms in total. The van der Waals surface area contributed by atoms with E-state index in [1.807, 2.05) is 22.6 Å². The summed E-state index contributed by atoms with van der Waals surface area (Å²) in [4.78, 5) is 34.1. The maximum absolute atomic E-state index is 11.7. The molecule has 0 aliphatic heterocycles. The average Bonchev–Trinajstić information content (AvgIpc) is 2.39. The van der Waals surface area contributed by atoms with Crippen LogP contribution in [0.15, 0.2) is 18.2 Å². The van der Waals surface area contributed by atoms with Crippen molar-refractivity contribution in [2.24, 2.45) is 0 Å². The van der Waals surface area contributed by atoms with Gasteiger partial charge in [-0.15, -0.1) is 0 Å². The zero-order chi connectivity index (χ0) is 15.3. The molecule has 0 radical (unpaired) electrons. The summed E-state index contributed by atoms with van der Waals surface area (Å²) >= 11 is 1.98. The molecule has 0 aliphatic rings. The smallest absolute Gasteiger partial charge is 0.337 e. The Kier molecular flexibility index (Phi) is 5.74. The molecule has 0 saturated heterocycles. The summed E-state index contributed by atoms with van der Waals surface area (Å²) in [5.41, 5.74) is 0.152. The van der Waals surface area contributed by atoms with Crippen LogP contribution in [0.3, 0.4) is 0 Å². The first-order valence-corrected chi connectivity index (χ1v) is 6.75. The number of aromatic carboxylic acids is 1. The number of hydrogen-bond acceptors (Lipinski definition) is 3. The highest BCUT2D eigenvalue weighted by Crippen LogP contribution is 2.18. The van der Waals surface area contributed by atoms with E-state index in [0.717, 1.165) is 3.57 Å². The van der Waals surface area contributed by atoms with Crippen LogP contribution in [-0.2, 0) is 4.79 Å².